The molecule has 3 unspecified atom stereocenters. The van der Waals surface area contributed by atoms with Gasteiger partial charge in [-0.15, -0.1) is 0 Å². The molecule has 0 radical (unpaired) electrons. The molecular formula is C28H47O8P. The molecular weight excluding hydrogens is 495 g/mol. The third kappa shape index (κ3) is 27.2. The van der Waals surface area contributed by atoms with Gasteiger partial charge in [-0.1, -0.05) is 79.8 Å². The first-order valence-corrected chi connectivity index (χ1v) is 14.5. The molecule has 0 fully saturated rings. The van der Waals surface area contributed by atoms with Crippen LogP contribution in [0.2, 0.25) is 0 Å². The molecule has 9 heteroatoms. The zero-order valence-corrected chi connectivity index (χ0v) is 23.0. The largest absolute Gasteiger partial charge is 0.472 e. The minimum Gasteiger partial charge on any atom is -0.394 e. The Kier molecular flexibility index (Phi) is 24.9. The second-order valence-electron chi connectivity index (χ2n) is 8.18. The SMILES string of the molecule is CC/C=C\C/C=C\C/C=C\C/C=C\C/C=C\C/C=C\CCCOCC(O)COP(=O)(O)OCC(O)CO. The van der Waals surface area contributed by atoms with Crippen molar-refractivity contribution in [3.8, 4) is 0 Å². The number of aliphatic hydroxyl groups is 3. The molecule has 0 bridgehead atoms. The molecule has 0 heterocycles. The Hall–Kier alpha value is -1.61. The number of hydrogen-bond acceptors (Lipinski definition) is 7. The van der Waals surface area contributed by atoms with Gasteiger partial charge in [-0.05, 0) is 51.4 Å². The van der Waals surface area contributed by atoms with Gasteiger partial charge in [0.25, 0.3) is 0 Å². The summed E-state index contributed by atoms with van der Waals surface area (Å²) in [5.41, 5.74) is 0. The Bertz CT molecular complexity index is 742. The summed E-state index contributed by atoms with van der Waals surface area (Å²) < 4.78 is 26.0. The summed E-state index contributed by atoms with van der Waals surface area (Å²) >= 11 is 0. The zero-order valence-electron chi connectivity index (χ0n) is 22.1. The number of hydrogen-bond donors (Lipinski definition) is 4. The van der Waals surface area contributed by atoms with E-state index >= 15 is 0 Å². The molecule has 0 rings (SSSR count). The van der Waals surface area contributed by atoms with Gasteiger partial charge in [0.15, 0.2) is 0 Å². The standard InChI is InChI=1S/C28H47O8P/c1-2-3-4-5-6-7-8-9-10-11-12-13-14-15-16-17-18-19-20-21-22-34-24-28(31)26-36-37(32,33)35-25-27(30)23-29/h3-4,6-7,9-10,12-13,15-16,18-19,27-31H,2,5,8,11,14,17,20-26H2,1H3,(H,32,33)/b4-3-,7-6-,10-9-,13-12-,16-15-,19-18-. The van der Waals surface area contributed by atoms with Crippen LogP contribution in [0, 0.1) is 0 Å². The van der Waals surface area contributed by atoms with Crippen LogP contribution in [0.3, 0.4) is 0 Å². The Balaban J connectivity index is 3.64. The van der Waals surface area contributed by atoms with Crippen LogP contribution in [0.1, 0.15) is 58.3 Å². The van der Waals surface area contributed by atoms with Gasteiger partial charge in [-0.3, -0.25) is 9.05 Å². The van der Waals surface area contributed by atoms with Crippen LogP contribution >= 0.6 is 7.82 Å². The number of unbranched alkanes of at least 4 members (excludes halogenated alkanes) is 1. The van der Waals surface area contributed by atoms with Crippen molar-refractivity contribution in [2.45, 2.75) is 70.5 Å². The van der Waals surface area contributed by atoms with E-state index in [2.05, 4.69) is 88.9 Å². The fourth-order valence-corrected chi connectivity index (χ4v) is 3.46. The molecule has 0 aromatic rings. The smallest absolute Gasteiger partial charge is 0.394 e. The summed E-state index contributed by atoms with van der Waals surface area (Å²) in [5.74, 6) is 0. The van der Waals surface area contributed by atoms with E-state index in [1.54, 1.807) is 0 Å². The predicted octanol–water partition coefficient (Wildman–Crippen LogP) is 5.33. The van der Waals surface area contributed by atoms with Crippen LogP contribution in [-0.4, -0.2) is 65.5 Å². The van der Waals surface area contributed by atoms with E-state index < -0.39 is 39.9 Å². The molecule has 8 nitrogen and oxygen atoms in total. The molecule has 212 valence electrons. The number of aliphatic hydroxyl groups excluding tert-OH is 3. The molecule has 37 heavy (non-hydrogen) atoms. The third-order valence-corrected chi connectivity index (χ3v) is 5.59. The van der Waals surface area contributed by atoms with Crippen LogP contribution in [0.25, 0.3) is 0 Å². The van der Waals surface area contributed by atoms with Crippen LogP contribution < -0.4 is 0 Å². The second-order valence-corrected chi connectivity index (χ2v) is 9.64. The summed E-state index contributed by atoms with van der Waals surface area (Å²) in [7, 11) is -4.41. The van der Waals surface area contributed by atoms with Crippen molar-refractivity contribution in [2.24, 2.45) is 0 Å². The number of phosphoric ester groups is 1. The average molecular weight is 543 g/mol. The van der Waals surface area contributed by atoms with Crippen molar-refractivity contribution < 1.29 is 38.6 Å². The zero-order chi connectivity index (χ0) is 27.5. The van der Waals surface area contributed by atoms with E-state index in [0.717, 1.165) is 51.4 Å². The van der Waals surface area contributed by atoms with E-state index in [-0.39, 0.29) is 6.61 Å². The number of rotatable bonds is 24. The molecule has 4 N–H and O–H groups in total. The maximum atomic E-state index is 11.6. The molecule has 0 aromatic carbocycles. The van der Waals surface area contributed by atoms with Gasteiger partial charge in [-0.25, -0.2) is 4.57 Å². The minimum absolute atomic E-state index is 0.0387. The molecule has 0 saturated carbocycles. The van der Waals surface area contributed by atoms with Gasteiger partial charge >= 0.3 is 7.82 Å². The van der Waals surface area contributed by atoms with Crippen molar-refractivity contribution >= 4 is 7.82 Å². The monoisotopic (exact) mass is 542 g/mol. The number of phosphoric acid groups is 1. The topological polar surface area (TPSA) is 126 Å². The number of allylic oxidation sites excluding steroid dienone is 12. The first-order valence-electron chi connectivity index (χ1n) is 13.0. The minimum atomic E-state index is -4.41. The Morgan fingerprint density at radius 3 is 1.57 bits per heavy atom. The summed E-state index contributed by atoms with van der Waals surface area (Å²) in [6, 6.07) is 0. The highest BCUT2D eigenvalue weighted by Crippen LogP contribution is 2.43. The molecule has 0 aliphatic heterocycles. The van der Waals surface area contributed by atoms with Gasteiger partial charge in [0.05, 0.1) is 26.4 Å². The van der Waals surface area contributed by atoms with Gasteiger partial charge < -0.3 is 24.9 Å². The van der Waals surface area contributed by atoms with E-state index in [4.69, 9.17) is 14.9 Å². The van der Waals surface area contributed by atoms with Gasteiger partial charge in [-0.2, -0.15) is 0 Å². The lowest BCUT2D eigenvalue weighted by Gasteiger charge is -2.16. The maximum absolute atomic E-state index is 11.6. The van der Waals surface area contributed by atoms with Gasteiger partial charge in [0, 0.05) is 6.61 Å². The quantitative estimate of drug-likeness (QED) is 0.0733. The molecule has 0 spiro atoms. The number of ether oxygens (including phenoxy) is 1. The van der Waals surface area contributed by atoms with E-state index in [1.165, 1.54) is 0 Å². The lowest BCUT2D eigenvalue weighted by atomic mass is 10.2. The van der Waals surface area contributed by atoms with Crippen LogP contribution in [0.4, 0.5) is 0 Å². The van der Waals surface area contributed by atoms with Gasteiger partial charge in [0.1, 0.15) is 12.2 Å². The maximum Gasteiger partial charge on any atom is 0.472 e. The normalized spacial score (nSPS) is 16.4. The average Bonchev–Trinajstić information content (AvgIpc) is 2.89. The van der Waals surface area contributed by atoms with Crippen molar-refractivity contribution in [1.29, 1.82) is 0 Å². The first kappa shape index (κ1) is 35.4. The summed E-state index contributed by atoms with van der Waals surface area (Å²) in [6.45, 7) is 0.944. The molecule has 3 atom stereocenters. The first-order chi connectivity index (χ1) is 17.9. The molecule has 0 amide bonds. The highest BCUT2D eigenvalue weighted by molar-refractivity contribution is 7.47. The van der Waals surface area contributed by atoms with E-state index in [1.807, 2.05) is 0 Å². The third-order valence-electron chi connectivity index (χ3n) is 4.64. The molecule has 0 saturated heterocycles. The van der Waals surface area contributed by atoms with Crippen LogP contribution in [0.15, 0.2) is 72.9 Å². The fourth-order valence-electron chi connectivity index (χ4n) is 2.66. The predicted molar refractivity (Wildman–Crippen MR) is 149 cm³/mol. The lowest BCUT2D eigenvalue weighted by Crippen LogP contribution is -2.23. The van der Waals surface area contributed by atoms with Crippen molar-refractivity contribution in [2.75, 3.05) is 33.0 Å². The van der Waals surface area contributed by atoms with Crippen molar-refractivity contribution in [1.82, 2.24) is 0 Å². The Labute approximate surface area is 223 Å². The lowest BCUT2D eigenvalue weighted by molar-refractivity contribution is -0.00397. The summed E-state index contributed by atoms with van der Waals surface area (Å²) in [4.78, 5) is 9.40. The highest BCUT2D eigenvalue weighted by atomic mass is 31.2. The van der Waals surface area contributed by atoms with Gasteiger partial charge in [0.2, 0.25) is 0 Å². The fraction of sp³-hybridized carbons (Fsp3) is 0.571. The molecule has 0 aliphatic carbocycles. The molecule has 0 aliphatic rings. The second kappa shape index (κ2) is 26.0. The Morgan fingerprint density at radius 2 is 1.11 bits per heavy atom. The van der Waals surface area contributed by atoms with E-state index in [0.29, 0.717) is 6.61 Å². The van der Waals surface area contributed by atoms with E-state index in [9.17, 15) is 14.6 Å². The van der Waals surface area contributed by atoms with Crippen LogP contribution in [0.5, 0.6) is 0 Å². The van der Waals surface area contributed by atoms with Crippen molar-refractivity contribution in [3.63, 3.8) is 0 Å². The highest BCUT2D eigenvalue weighted by Gasteiger charge is 2.24. The van der Waals surface area contributed by atoms with Crippen LogP contribution in [-0.2, 0) is 18.3 Å². The van der Waals surface area contributed by atoms with Crippen molar-refractivity contribution in [3.05, 3.63) is 72.9 Å². The Morgan fingerprint density at radius 1 is 0.676 bits per heavy atom. The molecule has 0 aromatic heterocycles. The summed E-state index contributed by atoms with van der Waals surface area (Å²) in [5, 5.41) is 27.5. The summed E-state index contributed by atoms with van der Waals surface area (Å²) in [6.07, 6.45) is 31.1.